The third-order valence-corrected chi connectivity index (χ3v) is 6.15. The van der Waals surface area contributed by atoms with E-state index in [9.17, 15) is 4.79 Å². The first-order valence-corrected chi connectivity index (χ1v) is 10.6. The summed E-state index contributed by atoms with van der Waals surface area (Å²) in [6.45, 7) is 5.29. The second kappa shape index (κ2) is 8.17. The van der Waals surface area contributed by atoms with Gasteiger partial charge in [0.2, 0.25) is 0 Å². The van der Waals surface area contributed by atoms with E-state index in [1.165, 1.54) is 16.9 Å². The summed E-state index contributed by atoms with van der Waals surface area (Å²) in [6.07, 6.45) is 0.745. The highest BCUT2D eigenvalue weighted by Crippen LogP contribution is 2.23. The minimum absolute atomic E-state index is 0.00554. The number of carbonyl (C=O) groups is 1. The first kappa shape index (κ1) is 19.3. The molecule has 4 aromatic rings. The van der Waals surface area contributed by atoms with E-state index in [0.29, 0.717) is 11.4 Å². The Hall–Kier alpha value is -2.99. The maximum absolute atomic E-state index is 13.1. The average Bonchev–Trinajstić information content (AvgIpc) is 3.27. The van der Waals surface area contributed by atoms with Gasteiger partial charge in [-0.3, -0.25) is 4.79 Å². The van der Waals surface area contributed by atoms with E-state index in [4.69, 9.17) is 4.98 Å². The molecule has 1 amide bonds. The van der Waals surface area contributed by atoms with Crippen LogP contribution in [-0.2, 0) is 19.5 Å². The molecule has 0 aliphatic rings. The van der Waals surface area contributed by atoms with Gasteiger partial charge in [0.05, 0.1) is 28.3 Å². The molecule has 0 fully saturated rings. The van der Waals surface area contributed by atoms with Crippen molar-refractivity contribution in [1.29, 1.82) is 0 Å². The number of nitrogens with zero attached hydrogens (tertiary/aromatic N) is 4. The van der Waals surface area contributed by atoms with Gasteiger partial charge in [-0.15, -0.1) is 11.3 Å². The van der Waals surface area contributed by atoms with Crippen LogP contribution in [0.4, 0.5) is 0 Å². The lowest BCUT2D eigenvalue weighted by molar-refractivity contribution is 0.0784. The van der Waals surface area contributed by atoms with E-state index in [0.717, 1.165) is 40.5 Å². The van der Waals surface area contributed by atoms with Gasteiger partial charge >= 0.3 is 0 Å². The van der Waals surface area contributed by atoms with Crippen molar-refractivity contribution < 1.29 is 4.79 Å². The predicted octanol–water partition coefficient (Wildman–Crippen LogP) is 4.68. The molecule has 0 N–H and O–H groups in total. The normalized spacial score (nSPS) is 11.1. The van der Waals surface area contributed by atoms with Crippen molar-refractivity contribution in [3.05, 3.63) is 81.6 Å². The number of imidazole rings is 1. The third kappa shape index (κ3) is 3.93. The molecule has 6 heteroatoms. The van der Waals surface area contributed by atoms with Crippen LogP contribution in [0.15, 0.2) is 54.6 Å². The Bertz CT molecular complexity index is 1150. The summed E-state index contributed by atoms with van der Waals surface area (Å²) in [5.41, 5.74) is 4.06. The molecule has 148 valence electrons. The van der Waals surface area contributed by atoms with E-state index < -0.39 is 0 Å². The van der Waals surface area contributed by atoms with Crippen LogP contribution in [-0.4, -0.2) is 32.4 Å². The van der Waals surface area contributed by atoms with Crippen LogP contribution >= 0.6 is 11.3 Å². The second-order valence-electron chi connectivity index (χ2n) is 7.11. The number of benzene rings is 2. The van der Waals surface area contributed by atoms with E-state index in [-0.39, 0.29) is 5.91 Å². The zero-order valence-electron chi connectivity index (χ0n) is 16.9. The zero-order chi connectivity index (χ0) is 20.4. The molecule has 0 saturated heterocycles. The van der Waals surface area contributed by atoms with Gasteiger partial charge in [-0.25, -0.2) is 9.97 Å². The van der Waals surface area contributed by atoms with E-state index in [1.54, 1.807) is 4.90 Å². The standard InChI is InChI=1S/C23H24N4OS/c1-4-27-19-13-9-8-12-18(19)25-20(27)15-26(3)23(28)22-16(2)24-21(29-22)14-17-10-6-5-7-11-17/h5-13H,4,14-15H2,1-3H3. The van der Waals surface area contributed by atoms with Gasteiger partial charge < -0.3 is 9.47 Å². The number of aromatic nitrogens is 3. The fourth-order valence-electron chi connectivity index (χ4n) is 3.55. The van der Waals surface area contributed by atoms with Crippen LogP contribution in [0, 0.1) is 6.92 Å². The number of fused-ring (bicyclic) bond motifs is 1. The van der Waals surface area contributed by atoms with Crippen molar-refractivity contribution in [3.63, 3.8) is 0 Å². The van der Waals surface area contributed by atoms with Crippen molar-refractivity contribution in [3.8, 4) is 0 Å². The van der Waals surface area contributed by atoms with Crippen LogP contribution in [0.3, 0.4) is 0 Å². The molecular weight excluding hydrogens is 380 g/mol. The Morgan fingerprint density at radius 3 is 2.55 bits per heavy atom. The molecule has 0 aliphatic heterocycles. The SMILES string of the molecule is CCn1c(CN(C)C(=O)c2sc(Cc3ccccc3)nc2C)nc2ccccc21. The molecule has 2 aromatic carbocycles. The highest BCUT2D eigenvalue weighted by atomic mass is 32.1. The molecule has 0 unspecified atom stereocenters. The van der Waals surface area contributed by atoms with E-state index in [1.807, 2.05) is 50.4 Å². The maximum atomic E-state index is 13.1. The minimum atomic E-state index is -0.00554. The number of hydrogen-bond donors (Lipinski definition) is 0. The topological polar surface area (TPSA) is 51.0 Å². The molecule has 0 radical (unpaired) electrons. The number of thiazole rings is 1. The predicted molar refractivity (Wildman–Crippen MR) is 117 cm³/mol. The molecule has 4 rings (SSSR count). The van der Waals surface area contributed by atoms with Gasteiger partial charge in [0.15, 0.2) is 0 Å². The Kier molecular flexibility index (Phi) is 5.45. The minimum Gasteiger partial charge on any atom is -0.333 e. The molecular formula is C23H24N4OS. The Balaban J connectivity index is 1.54. The Morgan fingerprint density at radius 1 is 1.07 bits per heavy atom. The van der Waals surface area contributed by atoms with Crippen LogP contribution in [0.2, 0.25) is 0 Å². The highest BCUT2D eigenvalue weighted by molar-refractivity contribution is 7.13. The molecule has 0 aliphatic carbocycles. The first-order valence-electron chi connectivity index (χ1n) is 9.76. The number of para-hydroxylation sites is 2. The van der Waals surface area contributed by atoms with E-state index in [2.05, 4.69) is 34.7 Å². The molecule has 29 heavy (non-hydrogen) atoms. The van der Waals surface area contributed by atoms with Gasteiger partial charge in [0, 0.05) is 20.0 Å². The van der Waals surface area contributed by atoms with Crippen molar-refractivity contribution in [1.82, 2.24) is 19.4 Å². The smallest absolute Gasteiger partial charge is 0.266 e. The summed E-state index contributed by atoms with van der Waals surface area (Å²) in [4.78, 5) is 24.9. The lowest BCUT2D eigenvalue weighted by atomic mass is 10.2. The largest absolute Gasteiger partial charge is 0.333 e. The lowest BCUT2D eigenvalue weighted by Gasteiger charge is -2.17. The summed E-state index contributed by atoms with van der Waals surface area (Å²) in [5, 5.41) is 0.964. The van der Waals surface area contributed by atoms with Crippen molar-refractivity contribution in [2.45, 2.75) is 33.4 Å². The fourth-order valence-corrected chi connectivity index (χ4v) is 4.65. The van der Waals surface area contributed by atoms with Crippen molar-refractivity contribution in [2.75, 3.05) is 7.05 Å². The summed E-state index contributed by atoms with van der Waals surface area (Å²) < 4.78 is 2.17. The molecule has 0 saturated carbocycles. The van der Waals surface area contributed by atoms with E-state index >= 15 is 0 Å². The number of carbonyl (C=O) groups excluding carboxylic acids is 1. The lowest BCUT2D eigenvalue weighted by Crippen LogP contribution is -2.27. The molecule has 5 nitrogen and oxygen atoms in total. The molecule has 2 heterocycles. The number of hydrogen-bond acceptors (Lipinski definition) is 4. The number of rotatable bonds is 6. The van der Waals surface area contributed by atoms with Gasteiger partial charge in [-0.1, -0.05) is 42.5 Å². The first-order chi connectivity index (χ1) is 14.1. The Labute approximate surface area is 174 Å². The van der Waals surface area contributed by atoms with Crippen molar-refractivity contribution in [2.24, 2.45) is 0 Å². The number of aryl methyl sites for hydroxylation is 2. The average molecular weight is 405 g/mol. The maximum Gasteiger partial charge on any atom is 0.266 e. The van der Waals surface area contributed by atoms with Crippen molar-refractivity contribution >= 4 is 28.3 Å². The van der Waals surface area contributed by atoms with Crippen LogP contribution < -0.4 is 0 Å². The molecule has 0 bridgehead atoms. The quantitative estimate of drug-likeness (QED) is 0.469. The van der Waals surface area contributed by atoms with Gasteiger partial charge in [0.25, 0.3) is 5.91 Å². The van der Waals surface area contributed by atoms with Crippen LogP contribution in [0.25, 0.3) is 11.0 Å². The summed E-state index contributed by atoms with van der Waals surface area (Å²) in [5.74, 6) is 0.894. The second-order valence-corrected chi connectivity index (χ2v) is 8.19. The fraction of sp³-hybridized carbons (Fsp3) is 0.261. The summed E-state index contributed by atoms with van der Waals surface area (Å²) in [6, 6.07) is 18.3. The Morgan fingerprint density at radius 2 is 1.79 bits per heavy atom. The van der Waals surface area contributed by atoms with Crippen LogP contribution in [0.5, 0.6) is 0 Å². The number of amides is 1. The van der Waals surface area contributed by atoms with Gasteiger partial charge in [-0.05, 0) is 31.5 Å². The van der Waals surface area contributed by atoms with Gasteiger partial charge in [-0.2, -0.15) is 0 Å². The zero-order valence-corrected chi connectivity index (χ0v) is 17.7. The highest BCUT2D eigenvalue weighted by Gasteiger charge is 2.21. The monoisotopic (exact) mass is 404 g/mol. The molecule has 2 aromatic heterocycles. The van der Waals surface area contributed by atoms with Crippen LogP contribution in [0.1, 0.15) is 38.7 Å². The summed E-state index contributed by atoms with van der Waals surface area (Å²) >= 11 is 1.49. The third-order valence-electron chi connectivity index (χ3n) is 5.01. The molecule has 0 atom stereocenters. The molecule has 0 spiro atoms. The van der Waals surface area contributed by atoms with Gasteiger partial charge in [0.1, 0.15) is 10.7 Å². The summed E-state index contributed by atoms with van der Waals surface area (Å²) in [7, 11) is 1.83.